The Labute approximate surface area is 170 Å². The third-order valence-electron chi connectivity index (χ3n) is 4.71. The van der Waals surface area contributed by atoms with Gasteiger partial charge in [-0.1, -0.05) is 30.3 Å². The number of hydrogen-bond donors (Lipinski definition) is 1. The Hall–Kier alpha value is -3.45. The Kier molecular flexibility index (Phi) is 4.90. The van der Waals surface area contributed by atoms with E-state index in [2.05, 4.69) is 5.32 Å². The molecule has 2 aromatic carbocycles. The van der Waals surface area contributed by atoms with Gasteiger partial charge in [0.05, 0.1) is 11.2 Å². The Morgan fingerprint density at radius 3 is 2.59 bits per heavy atom. The van der Waals surface area contributed by atoms with Crippen LogP contribution < -0.4 is 16.6 Å². The maximum Gasteiger partial charge on any atom is 0.336 e. The molecular weight excluding hydrogens is 386 g/mol. The summed E-state index contributed by atoms with van der Waals surface area (Å²) in [4.78, 5) is 38.9. The largest absolute Gasteiger partial charge is 0.336 e. The Morgan fingerprint density at radius 2 is 1.83 bits per heavy atom. The van der Waals surface area contributed by atoms with Crippen molar-refractivity contribution in [2.45, 2.75) is 20.4 Å². The van der Waals surface area contributed by atoms with Crippen LogP contribution in [0.3, 0.4) is 0 Å². The molecule has 7 heteroatoms. The van der Waals surface area contributed by atoms with Crippen LogP contribution in [0.1, 0.15) is 11.1 Å². The molecule has 6 nitrogen and oxygen atoms in total. The third kappa shape index (κ3) is 3.52. The summed E-state index contributed by atoms with van der Waals surface area (Å²) in [5, 5.41) is 4.57. The molecule has 0 atom stereocenters. The predicted octanol–water partition coefficient (Wildman–Crippen LogP) is 3.47. The van der Waals surface area contributed by atoms with Crippen LogP contribution in [0.4, 0.5) is 5.69 Å². The summed E-state index contributed by atoms with van der Waals surface area (Å²) < 4.78 is 2.94. The van der Waals surface area contributed by atoms with Gasteiger partial charge < -0.3 is 5.32 Å². The van der Waals surface area contributed by atoms with Crippen molar-refractivity contribution in [2.75, 3.05) is 5.32 Å². The number of benzene rings is 2. The Bertz CT molecular complexity index is 1350. The molecule has 0 fully saturated rings. The fraction of sp³-hybridized carbons (Fsp3) is 0.136. The Morgan fingerprint density at radius 1 is 1.03 bits per heavy atom. The van der Waals surface area contributed by atoms with E-state index in [1.165, 1.54) is 15.9 Å². The molecule has 2 aromatic heterocycles. The predicted molar refractivity (Wildman–Crippen MR) is 116 cm³/mol. The van der Waals surface area contributed by atoms with Gasteiger partial charge in [0, 0.05) is 5.69 Å². The molecule has 29 heavy (non-hydrogen) atoms. The number of hydrogen-bond acceptors (Lipinski definition) is 4. The first-order valence-electron chi connectivity index (χ1n) is 9.11. The van der Waals surface area contributed by atoms with Gasteiger partial charge in [0.2, 0.25) is 5.91 Å². The fourth-order valence-corrected chi connectivity index (χ4v) is 4.16. The minimum absolute atomic E-state index is 0.188. The van der Waals surface area contributed by atoms with Gasteiger partial charge in [-0.05, 0) is 54.6 Å². The molecule has 146 valence electrons. The van der Waals surface area contributed by atoms with Crippen LogP contribution in [0, 0.1) is 13.8 Å². The van der Waals surface area contributed by atoms with Crippen molar-refractivity contribution < 1.29 is 4.79 Å². The van der Waals surface area contributed by atoms with E-state index in [1.54, 1.807) is 29.6 Å². The van der Waals surface area contributed by atoms with Crippen LogP contribution in [-0.2, 0) is 11.3 Å². The molecule has 0 saturated heterocycles. The van der Waals surface area contributed by atoms with Crippen molar-refractivity contribution in [1.29, 1.82) is 0 Å². The van der Waals surface area contributed by atoms with Gasteiger partial charge in [-0.15, -0.1) is 11.3 Å². The number of thiophene rings is 1. The zero-order valence-corrected chi connectivity index (χ0v) is 16.8. The topological polar surface area (TPSA) is 73.1 Å². The summed E-state index contributed by atoms with van der Waals surface area (Å²) in [6.07, 6.45) is 0. The molecule has 0 saturated carbocycles. The van der Waals surface area contributed by atoms with Crippen molar-refractivity contribution in [3.63, 3.8) is 0 Å². The molecule has 0 aliphatic heterocycles. The summed E-state index contributed by atoms with van der Waals surface area (Å²) in [6, 6.07) is 16.3. The molecule has 0 bridgehead atoms. The standard InChI is InChI=1S/C22H19N3O3S/c1-14-6-5-8-16(12-14)23-19(26)13-24-18-10-11-29-20(18)21(27)25(22(24)28)17-9-4-3-7-15(17)2/h3-12H,13H2,1-2H3,(H,23,26). The first kappa shape index (κ1) is 18.9. The number of anilines is 1. The zero-order valence-electron chi connectivity index (χ0n) is 16.0. The van der Waals surface area contributed by atoms with Crippen LogP contribution >= 0.6 is 11.3 Å². The molecule has 0 aliphatic carbocycles. The monoisotopic (exact) mass is 405 g/mol. The first-order valence-corrected chi connectivity index (χ1v) is 9.99. The Balaban J connectivity index is 1.81. The number of nitrogens with zero attached hydrogens (tertiary/aromatic N) is 2. The SMILES string of the molecule is Cc1cccc(NC(=O)Cn2c(=O)n(-c3ccccc3C)c(=O)c3sccc32)c1. The minimum Gasteiger partial charge on any atom is -0.325 e. The van der Waals surface area contributed by atoms with E-state index in [0.29, 0.717) is 21.6 Å². The third-order valence-corrected chi connectivity index (χ3v) is 5.61. The van der Waals surface area contributed by atoms with E-state index >= 15 is 0 Å². The van der Waals surface area contributed by atoms with Gasteiger partial charge in [0.1, 0.15) is 11.2 Å². The highest BCUT2D eigenvalue weighted by Gasteiger charge is 2.18. The smallest absolute Gasteiger partial charge is 0.325 e. The lowest BCUT2D eigenvalue weighted by molar-refractivity contribution is -0.116. The van der Waals surface area contributed by atoms with Crippen LogP contribution in [0.15, 0.2) is 69.6 Å². The quantitative estimate of drug-likeness (QED) is 0.565. The molecular formula is C22H19N3O3S. The van der Waals surface area contributed by atoms with Crippen LogP contribution in [0.25, 0.3) is 15.9 Å². The van der Waals surface area contributed by atoms with E-state index in [1.807, 2.05) is 44.2 Å². The number of aryl methyl sites for hydroxylation is 2. The second kappa shape index (κ2) is 7.52. The van der Waals surface area contributed by atoms with Gasteiger partial charge in [0.15, 0.2) is 0 Å². The second-order valence-electron chi connectivity index (χ2n) is 6.85. The number of fused-ring (bicyclic) bond motifs is 1. The fourth-order valence-electron chi connectivity index (χ4n) is 3.33. The number of nitrogens with one attached hydrogen (secondary N) is 1. The highest BCUT2D eigenvalue weighted by Crippen LogP contribution is 2.18. The average molecular weight is 405 g/mol. The minimum atomic E-state index is -0.533. The van der Waals surface area contributed by atoms with Crippen molar-refractivity contribution in [1.82, 2.24) is 9.13 Å². The van der Waals surface area contributed by atoms with Gasteiger partial charge in [-0.3, -0.25) is 14.2 Å². The maximum absolute atomic E-state index is 13.2. The molecule has 0 spiro atoms. The summed E-state index contributed by atoms with van der Waals surface area (Å²) in [7, 11) is 0. The lowest BCUT2D eigenvalue weighted by Crippen LogP contribution is -2.40. The summed E-state index contributed by atoms with van der Waals surface area (Å²) >= 11 is 1.26. The summed E-state index contributed by atoms with van der Waals surface area (Å²) in [5.74, 6) is -0.333. The molecule has 0 radical (unpaired) electrons. The second-order valence-corrected chi connectivity index (χ2v) is 7.76. The molecule has 1 amide bonds. The number of carbonyl (C=O) groups excluding carboxylic acids is 1. The summed E-state index contributed by atoms with van der Waals surface area (Å²) in [5.41, 5.74) is 2.57. The number of rotatable bonds is 4. The molecule has 4 rings (SSSR count). The van der Waals surface area contributed by atoms with E-state index in [0.717, 1.165) is 15.7 Å². The summed E-state index contributed by atoms with van der Waals surface area (Å²) in [6.45, 7) is 3.59. The van der Waals surface area contributed by atoms with Crippen molar-refractivity contribution in [3.8, 4) is 5.69 Å². The highest BCUT2D eigenvalue weighted by molar-refractivity contribution is 7.17. The van der Waals surface area contributed by atoms with Crippen LogP contribution in [-0.4, -0.2) is 15.0 Å². The van der Waals surface area contributed by atoms with Gasteiger partial charge in [-0.2, -0.15) is 0 Å². The molecule has 4 aromatic rings. The van der Waals surface area contributed by atoms with Gasteiger partial charge >= 0.3 is 5.69 Å². The number of para-hydroxylation sites is 1. The number of amides is 1. The van der Waals surface area contributed by atoms with Crippen LogP contribution in [0.2, 0.25) is 0 Å². The van der Waals surface area contributed by atoms with Gasteiger partial charge in [-0.25, -0.2) is 9.36 Å². The van der Waals surface area contributed by atoms with Crippen molar-refractivity contribution in [3.05, 3.63) is 91.9 Å². The van der Waals surface area contributed by atoms with E-state index in [-0.39, 0.29) is 18.0 Å². The highest BCUT2D eigenvalue weighted by atomic mass is 32.1. The lowest BCUT2D eigenvalue weighted by atomic mass is 10.2. The van der Waals surface area contributed by atoms with Crippen LogP contribution in [0.5, 0.6) is 0 Å². The normalized spacial score (nSPS) is 11.0. The molecule has 2 heterocycles. The average Bonchev–Trinajstić information content (AvgIpc) is 3.17. The number of aromatic nitrogens is 2. The molecule has 0 aliphatic rings. The van der Waals surface area contributed by atoms with E-state index in [4.69, 9.17) is 0 Å². The van der Waals surface area contributed by atoms with E-state index in [9.17, 15) is 14.4 Å². The number of carbonyl (C=O) groups is 1. The van der Waals surface area contributed by atoms with E-state index < -0.39 is 5.69 Å². The van der Waals surface area contributed by atoms with Crippen molar-refractivity contribution in [2.24, 2.45) is 0 Å². The van der Waals surface area contributed by atoms with Gasteiger partial charge in [0.25, 0.3) is 5.56 Å². The lowest BCUT2D eigenvalue weighted by Gasteiger charge is -2.14. The zero-order chi connectivity index (χ0) is 20.5. The first-order chi connectivity index (χ1) is 14.0. The molecule has 1 N–H and O–H groups in total. The maximum atomic E-state index is 13.2. The molecule has 0 unspecified atom stereocenters. The van der Waals surface area contributed by atoms with Crippen molar-refractivity contribution >= 4 is 33.1 Å².